The maximum atomic E-state index is 8.74. The zero-order chi connectivity index (χ0) is 3.58. The fourth-order valence-corrected chi connectivity index (χ4v) is 0. The van der Waals surface area contributed by atoms with Crippen LogP contribution in [0.1, 0.15) is 0 Å². The fraction of sp³-hybridized carbons (Fsp3) is 0. The molecule has 0 rings (SSSR count). The van der Waals surface area contributed by atoms with Gasteiger partial charge in [-0.3, -0.25) is 0 Å². The smallest absolute Gasteiger partial charge is 0.804 e. The molecule has 1 atom stereocenters. The second-order valence-electron chi connectivity index (χ2n) is 0.0833. The molecule has 28 valence electrons. The summed E-state index contributed by atoms with van der Waals surface area (Å²) in [6, 6.07) is 0. The van der Waals surface area contributed by atoms with Gasteiger partial charge in [0.15, 0.2) is 0 Å². The third-order valence-corrected chi connectivity index (χ3v) is 0. The first kappa shape index (κ1) is 9.47. The van der Waals surface area contributed by atoms with Crippen LogP contribution < -0.4 is 34.5 Å². The molecule has 3 nitrogen and oxygen atoms in total. The summed E-state index contributed by atoms with van der Waals surface area (Å²) < 4.78 is 14.3. The number of rotatable bonds is 0. The summed E-state index contributed by atoms with van der Waals surface area (Å²) in [4.78, 5) is 8.74. The molecule has 0 radical (unpaired) electrons. The molecule has 1 unspecified atom stereocenters. The second kappa shape index (κ2) is 19.2. The summed E-state index contributed by atoms with van der Waals surface area (Å²) in [6.45, 7) is 0. The summed E-state index contributed by atoms with van der Waals surface area (Å²) in [7, 11) is -3.13. The fourth-order valence-electron chi connectivity index (χ4n) is 0. The molecule has 0 heterocycles. The Bertz CT molecular complexity index is 33.8. The van der Waals surface area contributed by atoms with Crippen LogP contribution in [0, 0.1) is 0 Å². The van der Waals surface area contributed by atoms with Gasteiger partial charge in [0, 0.05) is 0 Å². The van der Waals surface area contributed by atoms with Gasteiger partial charge in [-0.1, -0.05) is 0 Å². The van der Waals surface area contributed by atoms with Crippen molar-refractivity contribution in [2.75, 3.05) is 0 Å². The molecule has 0 aliphatic heterocycles. The predicted molar refractivity (Wildman–Crippen MR) is 14.0 cm³/mol. The van der Waals surface area contributed by atoms with Gasteiger partial charge in [-0.05, 0) is 8.63 Å². The van der Waals surface area contributed by atoms with E-state index < -0.39 is 8.63 Å². The van der Waals surface area contributed by atoms with Crippen molar-refractivity contribution in [1.29, 1.82) is 1.28 Å². The molecule has 0 aliphatic rings. The van der Waals surface area contributed by atoms with Gasteiger partial charge in [-0.15, -0.1) is 0 Å². The molecule has 0 fully saturated rings. The van der Waals surface area contributed by atoms with Crippen LogP contribution in [0.15, 0.2) is 0 Å². The summed E-state index contributed by atoms with van der Waals surface area (Å²) in [5.74, 6) is 0. The Hall–Kier alpha value is 1.15. The number of hydrogen-bond donors (Lipinski definition) is 0. The van der Waals surface area contributed by atoms with Crippen molar-refractivity contribution in [3.8, 4) is 0 Å². The molecule has 0 aromatic heterocycles. The van der Waals surface area contributed by atoms with Crippen molar-refractivity contribution in [3.63, 3.8) is 0 Å². The van der Waals surface area contributed by atoms with Crippen LogP contribution in [-0.4, -0.2) is 6.75 Å². The predicted octanol–water partition coefficient (Wildman–Crippen LogP) is -4.80. The molecular weight excluding hydrogens is 102 g/mol. The molecule has 0 spiro atoms. The Morgan fingerprint density at radius 3 is 2.00 bits per heavy atom. The van der Waals surface area contributed by atoms with E-state index in [9.17, 15) is 0 Å². The molecule has 0 bridgehead atoms. The molecule has 2 N–H and O–H groups in total. The van der Waals surface area contributed by atoms with Crippen LogP contribution in [0.2, 0.25) is 0 Å². The van der Waals surface area contributed by atoms with E-state index in [0.29, 0.717) is 0 Å². The van der Waals surface area contributed by atoms with E-state index in [1.165, 1.54) is 0 Å². The van der Waals surface area contributed by atoms with E-state index in [4.69, 9.17) is 10.7 Å². The maximum Gasteiger partial charge on any atom is 1.00 e. The molecule has 0 aromatic rings. The van der Waals surface area contributed by atoms with Crippen molar-refractivity contribution in [2.24, 2.45) is 0 Å². The standard InChI is InChI=1S/Na.H3O2P.H2O/c;1-3-2;/h;3H2,(H,1,2);1H2/q+1;;/p-1/i;3D;. The Balaban J connectivity index is -0.0000000450. The third-order valence-electron chi connectivity index (χ3n) is 0. The monoisotopic (exact) mass is 107 g/mol. The van der Waals surface area contributed by atoms with E-state index in [2.05, 4.69) is 0 Å². The zero-order valence-corrected chi connectivity index (χ0v) is 5.82. The number of hydrogen-bond acceptors (Lipinski definition) is 2. The van der Waals surface area contributed by atoms with Crippen LogP contribution in [-0.2, 0) is 4.57 Å². The van der Waals surface area contributed by atoms with Gasteiger partial charge in [0.05, 0.1) is 1.28 Å². The average molecular weight is 107 g/mol. The van der Waals surface area contributed by atoms with Crippen molar-refractivity contribution >= 4 is 8.63 Å². The van der Waals surface area contributed by atoms with Gasteiger partial charge in [-0.2, -0.15) is 0 Å². The minimum absolute atomic E-state index is 0. The molecule has 5 heteroatoms. The molecule has 0 aliphatic carbocycles. The van der Waals surface area contributed by atoms with E-state index in [-0.39, 0.29) is 35.0 Å². The molecule has 0 saturated heterocycles. The van der Waals surface area contributed by atoms with Gasteiger partial charge in [-0.25, -0.2) is 0 Å². The average Bonchev–Trinajstić information content (AvgIpc) is 0.811. The topological polar surface area (TPSA) is 71.6 Å². The first-order valence-corrected chi connectivity index (χ1v) is 1.22. The van der Waals surface area contributed by atoms with Crippen molar-refractivity contribution in [2.45, 2.75) is 0 Å². The van der Waals surface area contributed by atoms with E-state index in [1.54, 1.807) is 0 Å². The zero-order valence-electron chi connectivity index (χ0n) is 3.82. The van der Waals surface area contributed by atoms with Crippen LogP contribution >= 0.6 is 8.63 Å². The Kier molecular flexibility index (Phi) is 36.3. The van der Waals surface area contributed by atoms with E-state index in [1.807, 2.05) is 0 Å². The summed E-state index contributed by atoms with van der Waals surface area (Å²) >= 11 is 0. The second-order valence-corrected chi connectivity index (χ2v) is 0.250. The summed E-state index contributed by atoms with van der Waals surface area (Å²) in [6.07, 6.45) is 0. The van der Waals surface area contributed by atoms with Crippen molar-refractivity contribution in [3.05, 3.63) is 0 Å². The van der Waals surface area contributed by atoms with Crippen LogP contribution in [0.5, 0.6) is 0 Å². The molecule has 5 heavy (non-hydrogen) atoms. The van der Waals surface area contributed by atoms with Gasteiger partial charge >= 0.3 is 29.6 Å². The molecule has 0 aromatic carbocycles. The van der Waals surface area contributed by atoms with Gasteiger partial charge in [0.25, 0.3) is 0 Å². The maximum absolute atomic E-state index is 8.74. The first-order valence-electron chi connectivity index (χ1n) is 0.908. The first-order chi connectivity index (χ1) is 1.73. The quantitative estimate of drug-likeness (QED) is 0.230. The minimum Gasteiger partial charge on any atom is -0.804 e. The summed E-state index contributed by atoms with van der Waals surface area (Å²) in [5.41, 5.74) is 0. The van der Waals surface area contributed by atoms with Crippen LogP contribution in [0.25, 0.3) is 0 Å². The SMILES string of the molecule is O.[2H][PH](=O)[O-].[Na+]. The van der Waals surface area contributed by atoms with Crippen LogP contribution in [0.4, 0.5) is 0 Å². The van der Waals surface area contributed by atoms with Gasteiger partial charge < -0.3 is 14.9 Å². The molecular formula is H4NaO3P. The Morgan fingerprint density at radius 1 is 2.00 bits per heavy atom. The Morgan fingerprint density at radius 2 is 2.00 bits per heavy atom. The largest absolute Gasteiger partial charge is 1.00 e. The molecule has 0 amide bonds. The van der Waals surface area contributed by atoms with E-state index in [0.717, 1.165) is 0 Å². The van der Waals surface area contributed by atoms with Crippen LogP contribution in [0.3, 0.4) is 0 Å². The van der Waals surface area contributed by atoms with E-state index >= 15 is 0 Å². The minimum atomic E-state index is -3.13. The molecule has 0 saturated carbocycles. The normalized spacial score (nSPS) is 12.6. The van der Waals surface area contributed by atoms with Crippen molar-refractivity contribution < 1.29 is 44.5 Å². The third kappa shape index (κ3) is 38.6. The Labute approximate surface area is 54.6 Å². The van der Waals surface area contributed by atoms with Gasteiger partial charge in [0.2, 0.25) is 0 Å². The van der Waals surface area contributed by atoms with Gasteiger partial charge in [0.1, 0.15) is 0 Å². The van der Waals surface area contributed by atoms with Crippen molar-refractivity contribution in [1.82, 2.24) is 0 Å². The summed E-state index contributed by atoms with van der Waals surface area (Å²) in [5, 5.41) is 0.